The molecule has 0 spiro atoms. The average molecular weight is 544 g/mol. The van der Waals surface area contributed by atoms with Gasteiger partial charge in [-0.15, -0.1) is 0 Å². The number of likely N-dealkylation sites (N-methyl/N-ethyl adjacent to an activating group) is 1. The molecule has 1 aliphatic rings. The van der Waals surface area contributed by atoms with Crippen LogP contribution in [0.2, 0.25) is 10.0 Å². The first-order valence-electron chi connectivity index (χ1n) is 10.9. The number of nitrogens with one attached hydrogen (secondary N) is 1. The van der Waals surface area contributed by atoms with Crippen molar-refractivity contribution in [3.63, 3.8) is 0 Å². The van der Waals surface area contributed by atoms with Crippen molar-refractivity contribution in [2.45, 2.75) is 26.4 Å². The van der Waals surface area contributed by atoms with Crippen molar-refractivity contribution in [3.05, 3.63) is 52.0 Å². The quantitative estimate of drug-likeness (QED) is 0.521. The largest absolute Gasteiger partial charge is 0.486 e. The Labute approximate surface area is 214 Å². The maximum Gasteiger partial charge on any atom is 0.244 e. The molecular formula is C23H27Cl2N3O6S. The minimum absolute atomic E-state index is 0.0902. The van der Waals surface area contributed by atoms with Gasteiger partial charge in [0.2, 0.25) is 21.8 Å². The summed E-state index contributed by atoms with van der Waals surface area (Å²) in [6.45, 7) is 3.11. The zero-order valence-corrected chi connectivity index (χ0v) is 21.9. The molecule has 0 bridgehead atoms. The van der Waals surface area contributed by atoms with Gasteiger partial charge in [-0.05, 0) is 38.1 Å². The van der Waals surface area contributed by atoms with E-state index >= 15 is 0 Å². The van der Waals surface area contributed by atoms with E-state index in [2.05, 4.69) is 5.32 Å². The molecule has 1 aliphatic heterocycles. The second kappa shape index (κ2) is 11.4. The number of hydrogen-bond donors (Lipinski definition) is 1. The van der Waals surface area contributed by atoms with E-state index < -0.39 is 34.4 Å². The van der Waals surface area contributed by atoms with Gasteiger partial charge in [-0.2, -0.15) is 0 Å². The van der Waals surface area contributed by atoms with Crippen LogP contribution in [0.5, 0.6) is 11.5 Å². The van der Waals surface area contributed by atoms with Gasteiger partial charge in [0, 0.05) is 35.3 Å². The van der Waals surface area contributed by atoms with Crippen LogP contribution in [0.4, 0.5) is 5.69 Å². The summed E-state index contributed by atoms with van der Waals surface area (Å²) >= 11 is 12.6. The normalized spacial score (nSPS) is 13.6. The van der Waals surface area contributed by atoms with Gasteiger partial charge in [-0.1, -0.05) is 29.3 Å². The highest BCUT2D eigenvalue weighted by Crippen LogP contribution is 2.35. The Hall–Kier alpha value is -2.69. The van der Waals surface area contributed by atoms with Crippen LogP contribution in [0.3, 0.4) is 0 Å². The molecule has 2 amide bonds. The van der Waals surface area contributed by atoms with Crippen molar-refractivity contribution in [2.24, 2.45) is 0 Å². The van der Waals surface area contributed by atoms with E-state index in [1.54, 1.807) is 37.3 Å². The lowest BCUT2D eigenvalue weighted by Gasteiger charge is -2.32. The second-order valence-corrected chi connectivity index (χ2v) is 10.7. The monoisotopic (exact) mass is 543 g/mol. The predicted molar refractivity (Wildman–Crippen MR) is 135 cm³/mol. The van der Waals surface area contributed by atoms with Crippen molar-refractivity contribution >= 4 is 50.7 Å². The van der Waals surface area contributed by atoms with Crippen LogP contribution in [0, 0.1) is 0 Å². The summed E-state index contributed by atoms with van der Waals surface area (Å²) in [6.07, 6.45) is 0. The summed E-state index contributed by atoms with van der Waals surface area (Å²) < 4.78 is 38.1. The van der Waals surface area contributed by atoms with Gasteiger partial charge >= 0.3 is 0 Å². The third kappa shape index (κ3) is 6.12. The standard InChI is InChI=1S/C23H27Cl2N3O6S/c1-4-35(31,32)28(16-8-9-20-21(12-16)34-11-10-33-20)14-22(29)27(15(2)23(30)26-3)13-17-18(24)6-5-7-19(17)25/h5-9,12,15H,4,10-11,13-14H2,1-3H3,(H,26,30). The van der Waals surface area contributed by atoms with Crippen LogP contribution in [-0.4, -0.2) is 63.7 Å². The Bertz CT molecular complexity index is 1190. The van der Waals surface area contributed by atoms with E-state index in [1.165, 1.54) is 24.9 Å². The Morgan fingerprint density at radius 1 is 1.09 bits per heavy atom. The van der Waals surface area contributed by atoms with Gasteiger partial charge < -0.3 is 19.7 Å². The molecular weight excluding hydrogens is 517 g/mol. The molecule has 1 heterocycles. The van der Waals surface area contributed by atoms with E-state index in [0.717, 1.165) is 4.31 Å². The number of sulfonamides is 1. The summed E-state index contributed by atoms with van der Waals surface area (Å²) in [7, 11) is -2.42. The highest BCUT2D eigenvalue weighted by Gasteiger charge is 2.32. The van der Waals surface area contributed by atoms with E-state index in [-0.39, 0.29) is 18.0 Å². The Balaban J connectivity index is 1.98. The first-order valence-corrected chi connectivity index (χ1v) is 13.3. The first kappa shape index (κ1) is 26.9. The third-order valence-electron chi connectivity index (χ3n) is 5.60. The zero-order valence-electron chi connectivity index (χ0n) is 19.6. The SMILES string of the molecule is CCS(=O)(=O)N(CC(=O)N(Cc1c(Cl)cccc1Cl)C(C)C(=O)NC)c1ccc2c(c1)OCCO2. The molecule has 0 radical (unpaired) electrons. The highest BCUT2D eigenvalue weighted by atomic mass is 35.5. The number of hydrogen-bond acceptors (Lipinski definition) is 6. The molecule has 2 aromatic carbocycles. The number of halogens is 2. The van der Waals surface area contributed by atoms with Gasteiger partial charge in [0.25, 0.3) is 0 Å². The average Bonchev–Trinajstić information content (AvgIpc) is 2.85. The van der Waals surface area contributed by atoms with Crippen molar-refractivity contribution in [1.29, 1.82) is 0 Å². The number of carbonyl (C=O) groups excluding carboxylic acids is 2. The number of benzene rings is 2. The topological polar surface area (TPSA) is 105 Å². The van der Waals surface area contributed by atoms with Gasteiger partial charge in [-0.25, -0.2) is 8.42 Å². The molecule has 1 unspecified atom stereocenters. The van der Waals surface area contributed by atoms with Crippen LogP contribution in [0.1, 0.15) is 19.4 Å². The maximum atomic E-state index is 13.6. The third-order valence-corrected chi connectivity index (χ3v) is 8.05. The molecule has 190 valence electrons. The lowest BCUT2D eigenvalue weighted by molar-refractivity contribution is -0.139. The molecule has 0 fully saturated rings. The summed E-state index contributed by atoms with van der Waals surface area (Å²) in [4.78, 5) is 27.3. The number of ether oxygens (including phenoxy) is 2. The fourth-order valence-electron chi connectivity index (χ4n) is 3.55. The van der Waals surface area contributed by atoms with E-state index in [4.69, 9.17) is 32.7 Å². The number of amides is 2. The van der Waals surface area contributed by atoms with Crippen LogP contribution in [0.25, 0.3) is 0 Å². The molecule has 3 rings (SSSR count). The number of rotatable bonds is 9. The Morgan fingerprint density at radius 3 is 2.31 bits per heavy atom. The van der Waals surface area contributed by atoms with E-state index in [9.17, 15) is 18.0 Å². The number of anilines is 1. The lowest BCUT2D eigenvalue weighted by atomic mass is 10.1. The van der Waals surface area contributed by atoms with Crippen LogP contribution in [0.15, 0.2) is 36.4 Å². The number of nitrogens with zero attached hydrogens (tertiary/aromatic N) is 2. The van der Waals surface area contributed by atoms with Crippen LogP contribution in [-0.2, 0) is 26.2 Å². The molecule has 2 aromatic rings. The minimum Gasteiger partial charge on any atom is -0.486 e. The van der Waals surface area contributed by atoms with Crippen molar-refractivity contribution in [2.75, 3.05) is 36.9 Å². The smallest absolute Gasteiger partial charge is 0.244 e. The zero-order chi connectivity index (χ0) is 25.8. The summed E-state index contributed by atoms with van der Waals surface area (Å²) in [6, 6.07) is 8.66. The van der Waals surface area contributed by atoms with Gasteiger partial charge in [-0.3, -0.25) is 13.9 Å². The molecule has 9 nitrogen and oxygen atoms in total. The van der Waals surface area contributed by atoms with Crippen molar-refractivity contribution in [1.82, 2.24) is 10.2 Å². The fourth-order valence-corrected chi connectivity index (χ4v) is 5.12. The van der Waals surface area contributed by atoms with Crippen LogP contribution < -0.4 is 19.1 Å². The fraction of sp³-hybridized carbons (Fsp3) is 0.391. The van der Waals surface area contributed by atoms with Crippen molar-refractivity contribution < 1.29 is 27.5 Å². The summed E-state index contributed by atoms with van der Waals surface area (Å²) in [5.41, 5.74) is 0.692. The molecule has 0 aliphatic carbocycles. The molecule has 1 N–H and O–H groups in total. The predicted octanol–water partition coefficient (Wildman–Crippen LogP) is 3.08. The van der Waals surface area contributed by atoms with Gasteiger partial charge in [0.15, 0.2) is 11.5 Å². The second-order valence-electron chi connectivity index (χ2n) is 7.75. The lowest BCUT2D eigenvalue weighted by Crippen LogP contribution is -2.51. The highest BCUT2D eigenvalue weighted by molar-refractivity contribution is 7.92. The minimum atomic E-state index is -3.87. The van der Waals surface area contributed by atoms with Crippen LogP contribution >= 0.6 is 23.2 Å². The maximum absolute atomic E-state index is 13.6. The number of fused-ring (bicyclic) bond motifs is 1. The van der Waals surface area contributed by atoms with Gasteiger partial charge in [0.05, 0.1) is 11.4 Å². The summed E-state index contributed by atoms with van der Waals surface area (Å²) in [5.74, 6) is -0.398. The Morgan fingerprint density at radius 2 is 1.71 bits per heavy atom. The van der Waals surface area contributed by atoms with Gasteiger partial charge in [0.1, 0.15) is 25.8 Å². The molecule has 1 atom stereocenters. The molecule has 0 aromatic heterocycles. The molecule has 0 saturated heterocycles. The van der Waals surface area contributed by atoms with Crippen molar-refractivity contribution in [3.8, 4) is 11.5 Å². The first-order chi connectivity index (χ1) is 16.6. The molecule has 0 saturated carbocycles. The molecule has 35 heavy (non-hydrogen) atoms. The van der Waals surface area contributed by atoms with E-state index in [0.29, 0.717) is 40.3 Å². The summed E-state index contributed by atoms with van der Waals surface area (Å²) in [5, 5.41) is 3.16. The Kier molecular flexibility index (Phi) is 8.74. The number of carbonyl (C=O) groups is 2. The van der Waals surface area contributed by atoms with E-state index in [1.807, 2.05) is 0 Å². The molecule has 12 heteroatoms.